The lowest BCUT2D eigenvalue weighted by Gasteiger charge is -2.11. The topological polar surface area (TPSA) is 69.0 Å². The zero-order valence-corrected chi connectivity index (χ0v) is 17.4. The van der Waals surface area contributed by atoms with Crippen LogP contribution in [-0.4, -0.2) is 27.5 Å². The van der Waals surface area contributed by atoms with Crippen molar-refractivity contribution >= 4 is 34.2 Å². The van der Waals surface area contributed by atoms with E-state index in [4.69, 9.17) is 16.3 Å². The summed E-state index contributed by atoms with van der Waals surface area (Å²) in [6.45, 7) is 4.73. The molecule has 0 saturated heterocycles. The number of benzene rings is 3. The summed E-state index contributed by atoms with van der Waals surface area (Å²) in [6, 6.07) is 20.1. The van der Waals surface area contributed by atoms with Crippen molar-refractivity contribution in [2.45, 2.75) is 13.8 Å². The second kappa shape index (κ2) is 8.55. The van der Waals surface area contributed by atoms with Crippen LogP contribution in [0.5, 0.6) is 5.75 Å². The van der Waals surface area contributed by atoms with Gasteiger partial charge in [0.1, 0.15) is 16.8 Å². The first-order valence-corrected chi connectivity index (χ1v) is 10.0. The molecule has 0 fully saturated rings. The molecule has 0 atom stereocenters. The van der Waals surface area contributed by atoms with E-state index in [1.54, 1.807) is 35.1 Å². The lowest BCUT2D eigenvalue weighted by molar-refractivity contribution is 0.102. The number of fused-ring (bicyclic) bond motifs is 1. The second-order valence-electron chi connectivity index (χ2n) is 7.33. The number of para-hydroxylation sites is 1. The molecule has 4 rings (SSSR count). The van der Waals surface area contributed by atoms with Gasteiger partial charge in [0, 0.05) is 5.56 Å². The van der Waals surface area contributed by atoms with Crippen LogP contribution in [0, 0.1) is 5.92 Å². The summed E-state index contributed by atoms with van der Waals surface area (Å²) in [7, 11) is 0. The number of nitrogens with one attached hydrogen (secondary N) is 1. The maximum atomic E-state index is 12.8. The molecular formula is C23H21ClN4O2. The normalized spacial score (nSPS) is 11.1. The van der Waals surface area contributed by atoms with Gasteiger partial charge in [0.15, 0.2) is 0 Å². The zero-order chi connectivity index (χ0) is 21.1. The van der Waals surface area contributed by atoms with E-state index in [-0.39, 0.29) is 5.91 Å². The number of halogens is 1. The number of hydrogen-bond donors (Lipinski definition) is 1. The van der Waals surface area contributed by atoms with Gasteiger partial charge in [-0.25, -0.2) is 0 Å². The number of carbonyl (C=O) groups excluding carboxylic acids is 1. The Labute approximate surface area is 179 Å². The minimum atomic E-state index is -0.276. The number of amides is 1. The molecule has 4 aromatic rings. The molecule has 30 heavy (non-hydrogen) atoms. The SMILES string of the molecule is CC(C)COc1cccc(C(=O)Nc2cc3nn(-c4ccccc4)nc3cc2Cl)c1. The smallest absolute Gasteiger partial charge is 0.255 e. The Morgan fingerprint density at radius 1 is 1.03 bits per heavy atom. The third-order valence-electron chi connectivity index (χ3n) is 4.38. The summed E-state index contributed by atoms with van der Waals surface area (Å²) in [5.74, 6) is 0.780. The van der Waals surface area contributed by atoms with E-state index in [9.17, 15) is 4.79 Å². The highest BCUT2D eigenvalue weighted by atomic mass is 35.5. The Bertz CT molecular complexity index is 1190. The van der Waals surface area contributed by atoms with E-state index in [1.807, 2.05) is 36.4 Å². The monoisotopic (exact) mass is 420 g/mol. The second-order valence-corrected chi connectivity index (χ2v) is 7.74. The van der Waals surface area contributed by atoms with E-state index < -0.39 is 0 Å². The van der Waals surface area contributed by atoms with Gasteiger partial charge < -0.3 is 10.1 Å². The molecule has 1 amide bonds. The first-order chi connectivity index (χ1) is 14.5. The molecule has 1 N–H and O–H groups in total. The van der Waals surface area contributed by atoms with Crippen LogP contribution in [-0.2, 0) is 0 Å². The predicted octanol–water partition coefficient (Wildman–Crippen LogP) is 5.36. The molecule has 3 aromatic carbocycles. The number of rotatable bonds is 6. The first-order valence-electron chi connectivity index (χ1n) is 9.66. The van der Waals surface area contributed by atoms with Gasteiger partial charge in [0.25, 0.3) is 5.91 Å². The molecule has 6 nitrogen and oxygen atoms in total. The van der Waals surface area contributed by atoms with Crippen LogP contribution in [0.3, 0.4) is 0 Å². The Balaban J connectivity index is 1.57. The maximum Gasteiger partial charge on any atom is 0.255 e. The van der Waals surface area contributed by atoms with Crippen LogP contribution < -0.4 is 10.1 Å². The molecule has 152 valence electrons. The van der Waals surface area contributed by atoms with Gasteiger partial charge in [-0.05, 0) is 48.4 Å². The van der Waals surface area contributed by atoms with Crippen molar-refractivity contribution in [2.24, 2.45) is 5.92 Å². The highest BCUT2D eigenvalue weighted by Gasteiger charge is 2.13. The van der Waals surface area contributed by atoms with E-state index in [2.05, 4.69) is 29.4 Å². The van der Waals surface area contributed by atoms with Gasteiger partial charge >= 0.3 is 0 Å². The average molecular weight is 421 g/mol. The highest BCUT2D eigenvalue weighted by molar-refractivity contribution is 6.34. The molecule has 0 saturated carbocycles. The summed E-state index contributed by atoms with van der Waals surface area (Å²) in [5, 5.41) is 12.2. The van der Waals surface area contributed by atoms with Crippen LogP contribution >= 0.6 is 11.6 Å². The number of carbonyl (C=O) groups is 1. The van der Waals surface area contributed by atoms with Gasteiger partial charge in [-0.3, -0.25) is 4.79 Å². The minimum Gasteiger partial charge on any atom is -0.493 e. The number of nitrogens with zero attached hydrogens (tertiary/aromatic N) is 3. The van der Waals surface area contributed by atoms with Crippen molar-refractivity contribution in [1.82, 2.24) is 15.0 Å². The van der Waals surface area contributed by atoms with E-state index in [0.29, 0.717) is 45.6 Å². The van der Waals surface area contributed by atoms with Gasteiger partial charge in [-0.2, -0.15) is 4.80 Å². The number of aromatic nitrogens is 3. The largest absolute Gasteiger partial charge is 0.493 e. The van der Waals surface area contributed by atoms with Crippen molar-refractivity contribution < 1.29 is 9.53 Å². The fourth-order valence-corrected chi connectivity index (χ4v) is 3.10. The quantitative estimate of drug-likeness (QED) is 0.455. The number of hydrogen-bond acceptors (Lipinski definition) is 4. The van der Waals surface area contributed by atoms with Crippen LogP contribution in [0.15, 0.2) is 66.7 Å². The highest BCUT2D eigenvalue weighted by Crippen LogP contribution is 2.28. The molecule has 0 bridgehead atoms. The zero-order valence-electron chi connectivity index (χ0n) is 16.7. The minimum absolute atomic E-state index is 0.276. The fraction of sp³-hybridized carbons (Fsp3) is 0.174. The fourth-order valence-electron chi connectivity index (χ4n) is 2.90. The maximum absolute atomic E-state index is 12.8. The number of ether oxygens (including phenoxy) is 1. The van der Waals surface area contributed by atoms with Crippen molar-refractivity contribution in [2.75, 3.05) is 11.9 Å². The van der Waals surface area contributed by atoms with E-state index in [0.717, 1.165) is 5.69 Å². The van der Waals surface area contributed by atoms with Crippen LogP contribution in [0.2, 0.25) is 5.02 Å². The summed E-state index contributed by atoms with van der Waals surface area (Å²) >= 11 is 6.39. The summed E-state index contributed by atoms with van der Waals surface area (Å²) < 4.78 is 5.71. The van der Waals surface area contributed by atoms with Crippen LogP contribution in [0.4, 0.5) is 5.69 Å². The van der Waals surface area contributed by atoms with Crippen molar-refractivity contribution in [3.63, 3.8) is 0 Å². The molecule has 0 aliphatic heterocycles. The van der Waals surface area contributed by atoms with Crippen molar-refractivity contribution in [3.05, 3.63) is 77.3 Å². The standard InChI is InChI=1S/C23H21ClN4O2/c1-15(2)14-30-18-10-6-7-16(11-18)23(29)25-20-13-22-21(12-19(20)24)26-28(27-22)17-8-4-3-5-9-17/h3-13,15H,14H2,1-2H3,(H,25,29). The van der Waals surface area contributed by atoms with Gasteiger partial charge in [0.05, 0.1) is 23.0 Å². The summed E-state index contributed by atoms with van der Waals surface area (Å²) in [5.41, 5.74) is 3.08. The summed E-state index contributed by atoms with van der Waals surface area (Å²) in [6.07, 6.45) is 0. The molecule has 0 spiro atoms. The average Bonchev–Trinajstić information content (AvgIpc) is 3.16. The van der Waals surface area contributed by atoms with Gasteiger partial charge in [0.2, 0.25) is 0 Å². The third kappa shape index (κ3) is 4.44. The Morgan fingerprint density at radius 3 is 2.50 bits per heavy atom. The molecular weight excluding hydrogens is 400 g/mol. The molecule has 0 radical (unpaired) electrons. The predicted molar refractivity (Wildman–Crippen MR) is 119 cm³/mol. The molecule has 0 unspecified atom stereocenters. The van der Waals surface area contributed by atoms with Crippen molar-refractivity contribution in [3.8, 4) is 11.4 Å². The van der Waals surface area contributed by atoms with Crippen LogP contribution in [0.1, 0.15) is 24.2 Å². The van der Waals surface area contributed by atoms with Gasteiger partial charge in [-0.1, -0.05) is 49.7 Å². The Hall–Kier alpha value is -3.38. The molecule has 1 aromatic heterocycles. The van der Waals surface area contributed by atoms with E-state index in [1.165, 1.54) is 0 Å². The summed E-state index contributed by atoms with van der Waals surface area (Å²) in [4.78, 5) is 14.3. The number of anilines is 1. The van der Waals surface area contributed by atoms with Crippen molar-refractivity contribution in [1.29, 1.82) is 0 Å². The lowest BCUT2D eigenvalue weighted by atomic mass is 10.2. The molecule has 7 heteroatoms. The van der Waals surface area contributed by atoms with E-state index >= 15 is 0 Å². The lowest BCUT2D eigenvalue weighted by Crippen LogP contribution is -2.12. The Kier molecular flexibility index (Phi) is 5.68. The third-order valence-corrected chi connectivity index (χ3v) is 4.70. The molecule has 0 aliphatic carbocycles. The van der Waals surface area contributed by atoms with Gasteiger partial charge in [-0.15, -0.1) is 10.2 Å². The van der Waals surface area contributed by atoms with Crippen LogP contribution in [0.25, 0.3) is 16.7 Å². The molecule has 1 heterocycles. The molecule has 0 aliphatic rings. The Morgan fingerprint density at radius 2 is 1.77 bits per heavy atom. The first kappa shape index (κ1) is 19.9.